The van der Waals surface area contributed by atoms with Gasteiger partial charge in [0.1, 0.15) is 5.82 Å². The van der Waals surface area contributed by atoms with Gasteiger partial charge in [0, 0.05) is 32.2 Å². The Kier molecular flexibility index (Phi) is 6.56. The van der Waals surface area contributed by atoms with Gasteiger partial charge in [-0.25, -0.2) is 4.98 Å². The molecule has 0 radical (unpaired) electrons. The van der Waals surface area contributed by atoms with Crippen LogP contribution < -0.4 is 5.32 Å². The van der Waals surface area contributed by atoms with E-state index in [0.717, 1.165) is 57.0 Å². The second-order valence-corrected chi connectivity index (χ2v) is 8.24. The van der Waals surface area contributed by atoms with Crippen LogP contribution >= 0.6 is 0 Å². The van der Waals surface area contributed by atoms with Gasteiger partial charge in [-0.2, -0.15) is 5.10 Å². The topological polar surface area (TPSA) is 83.1 Å². The summed E-state index contributed by atoms with van der Waals surface area (Å²) >= 11 is 0. The van der Waals surface area contributed by atoms with E-state index in [1.807, 2.05) is 6.92 Å². The average molecular weight is 398 g/mol. The van der Waals surface area contributed by atoms with Crippen LogP contribution in [0.4, 0.5) is 0 Å². The fraction of sp³-hybridized carbons (Fsp3) is 0.591. The lowest BCUT2D eigenvalue weighted by Crippen LogP contribution is -2.44. The van der Waals surface area contributed by atoms with E-state index in [0.29, 0.717) is 13.2 Å². The summed E-state index contributed by atoms with van der Waals surface area (Å²) in [6, 6.07) is 10.7. The third-order valence-corrected chi connectivity index (χ3v) is 6.04. The first-order chi connectivity index (χ1) is 14.2. The van der Waals surface area contributed by atoms with Crippen molar-refractivity contribution in [1.29, 1.82) is 0 Å². The lowest BCUT2D eigenvalue weighted by molar-refractivity contribution is -0.128. The van der Waals surface area contributed by atoms with Gasteiger partial charge in [0.25, 0.3) is 0 Å². The number of carbonyl (C=O) groups is 1. The van der Waals surface area contributed by atoms with Crippen molar-refractivity contribution >= 4 is 5.91 Å². The molecule has 7 nitrogen and oxygen atoms in total. The molecular weight excluding hydrogens is 366 g/mol. The number of benzene rings is 1. The lowest BCUT2D eigenvalue weighted by Gasteiger charge is -2.25. The summed E-state index contributed by atoms with van der Waals surface area (Å²) in [5.41, 5.74) is 1.37. The number of aryl methyl sites for hydroxylation is 2. The highest BCUT2D eigenvalue weighted by atomic mass is 16.5. The number of ether oxygens (including phenoxy) is 1. The molecule has 7 heteroatoms. The van der Waals surface area contributed by atoms with Gasteiger partial charge in [-0.15, -0.1) is 0 Å². The number of amides is 1. The number of nitrogens with zero attached hydrogens (tertiary/aromatic N) is 3. The molecule has 2 aliphatic rings. The normalized spacial score (nSPS) is 23.3. The fourth-order valence-corrected chi connectivity index (χ4v) is 4.41. The quantitative estimate of drug-likeness (QED) is 0.747. The van der Waals surface area contributed by atoms with E-state index in [2.05, 4.69) is 55.7 Å². The van der Waals surface area contributed by atoms with Gasteiger partial charge >= 0.3 is 0 Å². The van der Waals surface area contributed by atoms with Gasteiger partial charge < -0.3 is 15.0 Å². The number of likely N-dealkylation sites (tertiary alicyclic amines) is 1. The van der Waals surface area contributed by atoms with Crippen molar-refractivity contribution in [2.24, 2.45) is 5.92 Å². The van der Waals surface area contributed by atoms with Crippen LogP contribution in [0.15, 0.2) is 30.3 Å². The number of nitrogens with one attached hydrogen (secondary N) is 2. The van der Waals surface area contributed by atoms with Gasteiger partial charge in [-0.1, -0.05) is 30.3 Å². The number of hydrogen-bond donors (Lipinski definition) is 2. The highest BCUT2D eigenvalue weighted by Crippen LogP contribution is 2.27. The maximum atomic E-state index is 12.8. The zero-order valence-electron chi connectivity index (χ0n) is 17.1. The van der Waals surface area contributed by atoms with E-state index >= 15 is 0 Å². The minimum Gasteiger partial charge on any atom is -0.381 e. The van der Waals surface area contributed by atoms with Crippen LogP contribution in [-0.4, -0.2) is 64.9 Å². The summed E-state index contributed by atoms with van der Waals surface area (Å²) in [7, 11) is 0. The van der Waals surface area contributed by atoms with Crippen LogP contribution in [0.3, 0.4) is 0 Å². The summed E-state index contributed by atoms with van der Waals surface area (Å²) in [6.07, 6.45) is 3.79. The van der Waals surface area contributed by atoms with E-state index in [1.54, 1.807) is 0 Å². The Morgan fingerprint density at radius 3 is 2.76 bits per heavy atom. The van der Waals surface area contributed by atoms with Crippen LogP contribution in [0.1, 0.15) is 42.4 Å². The summed E-state index contributed by atoms with van der Waals surface area (Å²) in [4.78, 5) is 19.8. The van der Waals surface area contributed by atoms with Crippen molar-refractivity contribution in [2.75, 3.05) is 32.8 Å². The van der Waals surface area contributed by atoms with Crippen molar-refractivity contribution in [3.8, 4) is 0 Å². The molecule has 1 aromatic carbocycles. The summed E-state index contributed by atoms with van der Waals surface area (Å²) in [6.45, 7) is 6.01. The van der Waals surface area contributed by atoms with E-state index in [9.17, 15) is 4.79 Å². The second-order valence-electron chi connectivity index (χ2n) is 8.24. The number of aromatic amines is 1. The van der Waals surface area contributed by atoms with Gasteiger partial charge in [-0.3, -0.25) is 9.89 Å². The highest BCUT2D eigenvalue weighted by Gasteiger charge is 2.38. The molecule has 0 spiro atoms. The first kappa shape index (κ1) is 20.0. The molecule has 2 saturated heterocycles. The van der Waals surface area contributed by atoms with Crippen LogP contribution in [0.25, 0.3) is 0 Å². The molecule has 2 atom stereocenters. The van der Waals surface area contributed by atoms with Crippen molar-refractivity contribution in [3.05, 3.63) is 47.5 Å². The zero-order chi connectivity index (χ0) is 20.1. The first-order valence-electron chi connectivity index (χ1n) is 10.7. The maximum Gasteiger partial charge on any atom is 0.223 e. The Hall–Kier alpha value is -2.25. The van der Waals surface area contributed by atoms with E-state index in [4.69, 9.17) is 4.74 Å². The molecule has 156 valence electrons. The van der Waals surface area contributed by atoms with E-state index in [-0.39, 0.29) is 23.8 Å². The molecule has 2 aliphatic heterocycles. The third-order valence-electron chi connectivity index (χ3n) is 6.04. The van der Waals surface area contributed by atoms with Crippen LogP contribution in [0.5, 0.6) is 0 Å². The van der Waals surface area contributed by atoms with Gasteiger partial charge in [-0.05, 0) is 44.7 Å². The molecule has 1 aromatic heterocycles. The lowest BCUT2D eigenvalue weighted by atomic mass is 9.97. The molecule has 0 saturated carbocycles. The molecule has 0 unspecified atom stereocenters. The minimum atomic E-state index is 0.0530. The minimum absolute atomic E-state index is 0.0530. The fourth-order valence-electron chi connectivity index (χ4n) is 4.41. The second kappa shape index (κ2) is 9.50. The smallest absolute Gasteiger partial charge is 0.223 e. The number of carbonyl (C=O) groups excluding carboxylic acids is 1. The summed E-state index contributed by atoms with van der Waals surface area (Å²) in [5, 5.41) is 10.7. The molecular formula is C22H31N5O2. The Bertz CT molecular complexity index is 788. The predicted octanol–water partition coefficient (Wildman–Crippen LogP) is 2.06. The van der Waals surface area contributed by atoms with Gasteiger partial charge in [0.15, 0.2) is 5.82 Å². The number of H-pyrrole nitrogens is 1. The first-order valence-corrected chi connectivity index (χ1v) is 10.7. The summed E-state index contributed by atoms with van der Waals surface area (Å²) in [5.74, 6) is 1.97. The molecule has 2 N–H and O–H groups in total. The van der Waals surface area contributed by atoms with Crippen LogP contribution in [-0.2, 0) is 16.0 Å². The Morgan fingerprint density at radius 2 is 2.03 bits per heavy atom. The average Bonchev–Trinajstić information content (AvgIpc) is 3.35. The van der Waals surface area contributed by atoms with E-state index in [1.165, 1.54) is 5.56 Å². The molecule has 2 aromatic rings. The highest BCUT2D eigenvalue weighted by molar-refractivity contribution is 5.79. The number of aromatic nitrogens is 3. The molecule has 0 bridgehead atoms. The van der Waals surface area contributed by atoms with Crippen molar-refractivity contribution in [2.45, 2.75) is 44.6 Å². The predicted molar refractivity (Wildman–Crippen MR) is 111 cm³/mol. The summed E-state index contributed by atoms with van der Waals surface area (Å²) < 4.78 is 5.40. The molecule has 0 aliphatic carbocycles. The number of rotatable bonds is 7. The standard InChI is InChI=1S/C22H31N5O2/c1-16-23-21(26-25-16)19-14-27(11-5-8-17-6-3-2-4-7-17)15-20(19)24-22(28)18-9-12-29-13-10-18/h2-4,6-7,18-20H,5,8-15H2,1H3,(H,24,28)(H,23,25,26)/t19-,20-/m1/s1. The van der Waals surface area contributed by atoms with Crippen molar-refractivity contribution < 1.29 is 9.53 Å². The molecule has 4 rings (SSSR count). The molecule has 3 heterocycles. The van der Waals surface area contributed by atoms with Crippen molar-refractivity contribution in [1.82, 2.24) is 25.4 Å². The monoisotopic (exact) mass is 397 g/mol. The van der Waals surface area contributed by atoms with Gasteiger partial charge in [0.2, 0.25) is 5.91 Å². The number of hydrogen-bond acceptors (Lipinski definition) is 5. The maximum absolute atomic E-state index is 12.8. The van der Waals surface area contributed by atoms with Crippen molar-refractivity contribution in [3.63, 3.8) is 0 Å². The molecule has 1 amide bonds. The van der Waals surface area contributed by atoms with Crippen LogP contribution in [0.2, 0.25) is 0 Å². The largest absolute Gasteiger partial charge is 0.381 e. The SMILES string of the molecule is Cc1nc([C@@H]2CN(CCCc3ccccc3)C[C@H]2NC(=O)C2CCOCC2)n[nH]1. The molecule has 29 heavy (non-hydrogen) atoms. The third kappa shape index (κ3) is 5.22. The Morgan fingerprint density at radius 1 is 1.24 bits per heavy atom. The van der Waals surface area contributed by atoms with Gasteiger partial charge in [0.05, 0.1) is 12.0 Å². The Labute approximate surface area is 172 Å². The van der Waals surface area contributed by atoms with E-state index < -0.39 is 0 Å². The van der Waals surface area contributed by atoms with Crippen LogP contribution in [0, 0.1) is 12.8 Å². The molecule has 2 fully saturated rings. The Balaban J connectivity index is 1.37. The zero-order valence-corrected chi connectivity index (χ0v) is 17.1.